The molecule has 4 saturated carbocycles. The van der Waals surface area contributed by atoms with E-state index in [0.29, 0.717) is 59.1 Å². The highest BCUT2D eigenvalue weighted by Gasteiger charge is 2.80. The lowest BCUT2D eigenvalue weighted by Crippen LogP contribution is -2.79. The SMILES string of the molecule is CCCCC[C@@H](c1ccccc1)[C@@H]1C[C@]2(C[C@@H](c3ccc(CCc4c(O)c(O)c5c(O)cccc5c4/C=C/c4ccc(O)c(O)c4)cc3)N[C@@H]3[C@@H]2C[C@H]2CC[C@@H]4CCc5[nH]cnc5[C@]35[C@H]3[C@@H](O)C=C[C@@H]6CCC[C@@]63CC[C@]425)C[C@H](O)N1. The number of benzene rings is 5. The molecule has 424 valence electrons. The molecule has 10 N–H and O–H groups in total. The summed E-state index contributed by atoms with van der Waals surface area (Å²) < 4.78 is 0. The van der Waals surface area contributed by atoms with Gasteiger partial charge < -0.3 is 46.0 Å². The Balaban J connectivity index is 0.883. The van der Waals surface area contributed by atoms with Crippen molar-refractivity contribution < 1.29 is 35.7 Å². The van der Waals surface area contributed by atoms with Crippen LogP contribution in [0.4, 0.5) is 0 Å². The minimum atomic E-state index is -0.665. The number of nitrogens with one attached hydrogen (secondary N) is 3. The fourth-order valence-corrected chi connectivity index (χ4v) is 20.5. The fourth-order valence-electron chi connectivity index (χ4n) is 20.5. The summed E-state index contributed by atoms with van der Waals surface area (Å²) in [4.78, 5) is 9.42. The molecule has 2 aliphatic heterocycles. The highest BCUT2D eigenvalue weighted by molar-refractivity contribution is 6.03. The van der Waals surface area contributed by atoms with Gasteiger partial charge in [-0.2, -0.15) is 0 Å². The Bertz CT molecular complexity index is 3390. The van der Waals surface area contributed by atoms with Crippen LogP contribution in [0.5, 0.6) is 28.7 Å². The molecule has 2 saturated heterocycles. The van der Waals surface area contributed by atoms with Gasteiger partial charge >= 0.3 is 0 Å². The fraction of sp³-hybridized carbons (Fsp3) is 0.500. The third kappa shape index (κ3) is 8.12. The number of imidazole rings is 1. The maximum atomic E-state index is 13.2. The lowest BCUT2D eigenvalue weighted by Gasteiger charge is -2.75. The summed E-state index contributed by atoms with van der Waals surface area (Å²) in [5.41, 5.74) is 7.22. The molecule has 0 bridgehead atoms. The first kappa shape index (κ1) is 52.9. The minimum Gasteiger partial charge on any atom is -0.507 e. The Kier molecular flexibility index (Phi) is 13.3. The maximum absolute atomic E-state index is 13.2. The first-order chi connectivity index (χ1) is 39.4. The van der Waals surface area contributed by atoms with Crippen molar-refractivity contribution in [2.75, 3.05) is 0 Å². The molecule has 14 rings (SSSR count). The summed E-state index contributed by atoms with van der Waals surface area (Å²) in [5, 5.41) is 89.7. The second-order valence-electron chi connectivity index (χ2n) is 26.7. The van der Waals surface area contributed by atoms with Crippen LogP contribution in [0.15, 0.2) is 109 Å². The monoisotopic (exact) mass is 1090 g/mol. The quantitative estimate of drug-likeness (QED) is 0.0244. The van der Waals surface area contributed by atoms with Gasteiger partial charge in [0.05, 0.1) is 23.5 Å². The molecular formula is C70H82N4O7. The number of unbranched alkanes of at least 4 members (excludes halogenated alkanes) is 2. The zero-order valence-corrected chi connectivity index (χ0v) is 46.9. The molecular weight excluding hydrogens is 1010 g/mol. The third-order valence-electron chi connectivity index (χ3n) is 23.4. The molecule has 11 nitrogen and oxygen atoms in total. The number of hydrogen-bond donors (Lipinski definition) is 10. The van der Waals surface area contributed by atoms with Crippen LogP contribution < -0.4 is 10.6 Å². The van der Waals surface area contributed by atoms with Crippen molar-refractivity contribution in [3.63, 3.8) is 0 Å². The van der Waals surface area contributed by atoms with Gasteiger partial charge in [0.1, 0.15) is 12.0 Å². The van der Waals surface area contributed by atoms with Crippen LogP contribution in [0.2, 0.25) is 0 Å². The van der Waals surface area contributed by atoms with Gasteiger partial charge in [-0.25, -0.2) is 4.98 Å². The lowest BCUT2D eigenvalue weighted by atomic mass is 9.30. The second-order valence-corrected chi connectivity index (χ2v) is 26.7. The first-order valence-corrected chi connectivity index (χ1v) is 31.0. The van der Waals surface area contributed by atoms with Crippen molar-refractivity contribution in [1.29, 1.82) is 0 Å². The number of aryl methyl sites for hydroxylation is 2. The van der Waals surface area contributed by atoms with Gasteiger partial charge in [0, 0.05) is 40.7 Å². The second kappa shape index (κ2) is 20.4. The number of hydrogen-bond acceptors (Lipinski definition) is 10. The van der Waals surface area contributed by atoms with Gasteiger partial charge in [0.2, 0.25) is 0 Å². The number of aliphatic hydroxyl groups excluding tert-OH is 2. The van der Waals surface area contributed by atoms with Crippen molar-refractivity contribution in [3.8, 4) is 28.7 Å². The number of rotatable bonds is 12. The third-order valence-corrected chi connectivity index (χ3v) is 23.4. The van der Waals surface area contributed by atoms with Gasteiger partial charge in [-0.1, -0.05) is 130 Å². The summed E-state index contributed by atoms with van der Waals surface area (Å²) in [7, 11) is 0. The van der Waals surface area contributed by atoms with E-state index in [2.05, 4.69) is 89.3 Å². The molecule has 8 aliphatic rings. The topological polar surface area (TPSA) is 194 Å². The predicted octanol–water partition coefficient (Wildman–Crippen LogP) is 12.9. The molecule has 0 amide bonds. The molecule has 1 aromatic heterocycles. The van der Waals surface area contributed by atoms with Crippen LogP contribution in [-0.4, -0.2) is 70.1 Å². The molecule has 5 aromatic carbocycles. The van der Waals surface area contributed by atoms with Crippen molar-refractivity contribution in [2.24, 2.45) is 45.8 Å². The van der Waals surface area contributed by atoms with Crippen molar-refractivity contribution in [2.45, 2.75) is 171 Å². The molecule has 81 heavy (non-hydrogen) atoms. The van der Waals surface area contributed by atoms with Crippen LogP contribution in [0, 0.1) is 45.8 Å². The van der Waals surface area contributed by atoms with Crippen LogP contribution in [0.25, 0.3) is 22.9 Å². The average Bonchev–Trinajstić information content (AvgIpc) is 3.05. The predicted molar refractivity (Wildman–Crippen MR) is 317 cm³/mol. The van der Waals surface area contributed by atoms with E-state index >= 15 is 0 Å². The summed E-state index contributed by atoms with van der Waals surface area (Å²) in [6.45, 7) is 2.28. The van der Waals surface area contributed by atoms with Crippen molar-refractivity contribution in [1.82, 2.24) is 20.6 Å². The van der Waals surface area contributed by atoms with E-state index in [-0.39, 0.29) is 86.3 Å². The van der Waals surface area contributed by atoms with Crippen LogP contribution >= 0.6 is 0 Å². The van der Waals surface area contributed by atoms with Gasteiger partial charge in [0.25, 0.3) is 0 Å². The highest BCUT2D eigenvalue weighted by atomic mass is 16.3. The Morgan fingerprint density at radius 2 is 1.58 bits per heavy atom. The Morgan fingerprint density at radius 1 is 0.741 bits per heavy atom. The van der Waals surface area contributed by atoms with Gasteiger partial charge in [-0.3, -0.25) is 5.32 Å². The number of phenols is 5. The number of aliphatic hydroxyl groups is 2. The van der Waals surface area contributed by atoms with Crippen LogP contribution in [0.3, 0.4) is 0 Å². The summed E-state index contributed by atoms with van der Waals surface area (Å²) in [6, 6.07) is 29.8. The van der Waals surface area contributed by atoms with Gasteiger partial charge in [-0.15, -0.1) is 0 Å². The molecule has 0 unspecified atom stereocenters. The molecule has 6 aliphatic carbocycles. The molecule has 0 radical (unpaired) electrons. The normalized spacial score (nSPS) is 35.0. The molecule has 3 spiro atoms. The van der Waals surface area contributed by atoms with E-state index in [1.165, 1.54) is 85.7 Å². The average molecular weight is 1090 g/mol. The molecule has 3 heterocycles. The first-order valence-electron chi connectivity index (χ1n) is 31.0. The largest absolute Gasteiger partial charge is 0.507 e. The minimum absolute atomic E-state index is 0.00118. The van der Waals surface area contributed by atoms with E-state index < -0.39 is 17.7 Å². The standard InChI is InChI=1S/C70H82N4O7/c1-2-3-5-13-48(43-10-6-4-7-11-43)55-38-67(39-60(79)73-55)37-54(44-21-16-41(17-22-44)18-28-51-49(27-19-42-20-30-56(75)59(78)35-42)50-14-8-15-57(76)61(50)63(81)62(51)80)74-65-52(67)36-47-24-23-46-25-29-53-66(72-40-71-53)70(65)64-58(77)31-26-45-12-9-32-68(45,64)33-34-69(46,47)70/h4,6-8,10-11,14-17,19-22,26-27,30-31,35,40,45-48,52,54-55,58,60,64-65,73-81H,2-3,5,9,12-13,18,23-25,28-29,32-34,36-39H2,1H3,(H,71,72)/b27-19+/t45-,46+,47+,48-,52-,54-,55-,58-,60-,64-,65+,67+,68+,69-,70-/m0/s1. The van der Waals surface area contributed by atoms with Crippen LogP contribution in [0.1, 0.15) is 166 Å². The number of aromatic nitrogens is 2. The number of aromatic hydroxyl groups is 5. The number of phenolic OH excluding ortho intramolecular Hbond substituents is 5. The van der Waals surface area contributed by atoms with E-state index in [1.54, 1.807) is 18.2 Å². The van der Waals surface area contributed by atoms with E-state index in [0.717, 1.165) is 63.4 Å². The van der Waals surface area contributed by atoms with Crippen LogP contribution in [-0.2, 0) is 24.7 Å². The van der Waals surface area contributed by atoms with E-state index in [9.17, 15) is 35.7 Å². The van der Waals surface area contributed by atoms with Crippen molar-refractivity contribution >= 4 is 22.9 Å². The number of nitrogens with zero attached hydrogens (tertiary/aromatic N) is 1. The van der Waals surface area contributed by atoms with E-state index in [1.807, 2.05) is 18.5 Å². The molecule has 15 atom stereocenters. The number of aromatic amines is 1. The zero-order valence-electron chi connectivity index (χ0n) is 46.9. The zero-order chi connectivity index (χ0) is 55.4. The molecule has 6 aromatic rings. The summed E-state index contributed by atoms with van der Waals surface area (Å²) in [5.74, 6) is 0.704. The Morgan fingerprint density at radius 3 is 2.41 bits per heavy atom. The smallest absolute Gasteiger partial charge is 0.169 e. The number of piperidine rings is 2. The van der Waals surface area contributed by atoms with Gasteiger partial charge in [-0.05, 0) is 194 Å². The molecule has 11 heteroatoms. The Labute approximate surface area is 476 Å². The lowest BCUT2D eigenvalue weighted by molar-refractivity contribution is -0.232. The highest BCUT2D eigenvalue weighted by Crippen LogP contribution is 2.81. The Hall–Kier alpha value is -6.11. The summed E-state index contributed by atoms with van der Waals surface area (Å²) in [6.07, 6.45) is 28.6. The number of H-pyrrole nitrogens is 1. The van der Waals surface area contributed by atoms with Crippen molar-refractivity contribution in [3.05, 3.63) is 154 Å². The summed E-state index contributed by atoms with van der Waals surface area (Å²) >= 11 is 0. The number of fused-ring (bicyclic) bond motifs is 4. The molecule has 6 fully saturated rings. The van der Waals surface area contributed by atoms with Gasteiger partial charge in [0.15, 0.2) is 23.0 Å². The number of allylic oxidation sites excluding steroid dienone is 1. The van der Waals surface area contributed by atoms with E-state index in [4.69, 9.17) is 4.98 Å². The maximum Gasteiger partial charge on any atom is 0.169 e.